The lowest BCUT2D eigenvalue weighted by Gasteiger charge is -2.64. The summed E-state index contributed by atoms with van der Waals surface area (Å²) >= 11 is 6.00. The standard InChI is InChI=1S/C32H48ClNO6S/c1-5-21-25-18-20(35)12-15-32(25,4)24-13-16-31(3)22(10-11-23(31)28(24)29(21)36)19(2)14-17-40-30(37)34-41(38,39)27-9-7-6-8-26(27)33/h6-9,19-25,28-29,35-36H,5,10-18H2,1-4H3,(H,34,37)/t19-,20-,21-,22-,23+,24+,25+,28+,29-,31-,32-/m1/s1. The lowest BCUT2D eigenvalue weighted by Crippen LogP contribution is -2.62. The van der Waals surface area contributed by atoms with E-state index in [4.69, 9.17) is 16.3 Å². The maximum Gasteiger partial charge on any atom is 0.421 e. The Hall–Kier alpha value is -1.35. The predicted octanol–water partition coefficient (Wildman–Crippen LogP) is 6.41. The Morgan fingerprint density at radius 2 is 1.76 bits per heavy atom. The third-order valence-corrected chi connectivity index (χ3v) is 14.1. The molecule has 0 spiro atoms. The number of amides is 1. The van der Waals surface area contributed by atoms with E-state index < -0.39 is 16.1 Å². The van der Waals surface area contributed by atoms with Crippen molar-refractivity contribution in [1.29, 1.82) is 0 Å². The average Bonchev–Trinajstić information content (AvgIpc) is 3.27. The Bertz CT molecular complexity index is 1230. The summed E-state index contributed by atoms with van der Waals surface area (Å²) in [6.07, 6.45) is 7.27. The van der Waals surface area contributed by atoms with Gasteiger partial charge in [-0.3, -0.25) is 0 Å². The summed E-state index contributed by atoms with van der Waals surface area (Å²) in [6, 6.07) is 5.97. The van der Waals surface area contributed by atoms with E-state index in [1.54, 1.807) is 12.1 Å². The maximum atomic E-state index is 12.6. The fraction of sp³-hybridized carbons (Fsp3) is 0.781. The maximum absolute atomic E-state index is 12.6. The largest absolute Gasteiger partial charge is 0.449 e. The number of carbonyl (C=O) groups is 1. The van der Waals surface area contributed by atoms with Crippen LogP contribution in [0.1, 0.15) is 85.5 Å². The number of ether oxygens (including phenoxy) is 1. The Morgan fingerprint density at radius 3 is 2.46 bits per heavy atom. The Kier molecular flexibility index (Phi) is 8.81. The second kappa shape index (κ2) is 11.6. The van der Waals surface area contributed by atoms with Crippen LogP contribution >= 0.6 is 11.6 Å². The highest BCUT2D eigenvalue weighted by Crippen LogP contribution is 2.69. The molecule has 0 bridgehead atoms. The van der Waals surface area contributed by atoms with Gasteiger partial charge in [0.15, 0.2) is 0 Å². The van der Waals surface area contributed by atoms with Crippen LogP contribution in [0.4, 0.5) is 4.79 Å². The summed E-state index contributed by atoms with van der Waals surface area (Å²) in [4.78, 5) is 12.2. The molecule has 41 heavy (non-hydrogen) atoms. The van der Waals surface area contributed by atoms with Crippen molar-refractivity contribution in [1.82, 2.24) is 4.72 Å². The highest BCUT2D eigenvalue weighted by atomic mass is 35.5. The van der Waals surface area contributed by atoms with E-state index in [0.717, 1.165) is 51.4 Å². The van der Waals surface area contributed by atoms with Crippen molar-refractivity contribution in [2.45, 2.75) is 103 Å². The number of rotatable bonds is 7. The third kappa shape index (κ3) is 5.44. The number of hydrogen-bond donors (Lipinski definition) is 3. The molecule has 1 aromatic rings. The molecule has 1 amide bonds. The first-order valence-electron chi connectivity index (χ1n) is 15.6. The zero-order valence-corrected chi connectivity index (χ0v) is 26.5. The molecule has 4 aliphatic rings. The number of aliphatic hydroxyl groups is 2. The van der Waals surface area contributed by atoms with Crippen LogP contribution < -0.4 is 4.72 Å². The number of carbonyl (C=O) groups excluding carboxylic acids is 1. The SMILES string of the molecule is CC[C@H]1[C@@H](O)[C@@H]2[C@H](CC[C@]3(C)[C@@H]([C@H](C)CCOC(=O)NS(=O)(=O)c4ccccc4Cl)CC[C@@H]23)[C@@]2(C)CC[C@@H](O)C[C@@H]12. The van der Waals surface area contributed by atoms with Crippen molar-refractivity contribution in [2.75, 3.05) is 6.61 Å². The van der Waals surface area contributed by atoms with Gasteiger partial charge in [-0.15, -0.1) is 0 Å². The summed E-state index contributed by atoms with van der Waals surface area (Å²) in [5, 5.41) is 22.4. The van der Waals surface area contributed by atoms with Gasteiger partial charge in [-0.2, -0.15) is 0 Å². The lowest BCUT2D eigenvalue weighted by atomic mass is 9.41. The molecule has 4 aliphatic carbocycles. The predicted molar refractivity (Wildman–Crippen MR) is 159 cm³/mol. The summed E-state index contributed by atoms with van der Waals surface area (Å²) in [7, 11) is -4.12. The average molecular weight is 610 g/mol. The molecule has 0 aromatic heterocycles. The number of hydrogen-bond acceptors (Lipinski definition) is 6. The molecular formula is C32H48ClNO6S. The van der Waals surface area contributed by atoms with Crippen molar-refractivity contribution < 1.29 is 28.2 Å². The van der Waals surface area contributed by atoms with E-state index in [0.29, 0.717) is 41.9 Å². The monoisotopic (exact) mass is 609 g/mol. The van der Waals surface area contributed by atoms with Gasteiger partial charge in [0.1, 0.15) is 4.90 Å². The number of halogens is 1. The van der Waals surface area contributed by atoms with Gasteiger partial charge in [0.25, 0.3) is 10.0 Å². The van der Waals surface area contributed by atoms with Gasteiger partial charge in [-0.1, -0.05) is 57.8 Å². The van der Waals surface area contributed by atoms with Crippen molar-refractivity contribution in [3.8, 4) is 0 Å². The van der Waals surface area contributed by atoms with Crippen LogP contribution in [0, 0.1) is 52.3 Å². The fourth-order valence-corrected chi connectivity index (χ4v) is 11.7. The second-order valence-corrected chi connectivity index (χ2v) is 16.1. The zero-order chi connectivity index (χ0) is 29.7. The Labute approximate surface area is 250 Å². The van der Waals surface area contributed by atoms with E-state index in [2.05, 4.69) is 27.7 Å². The van der Waals surface area contributed by atoms with E-state index in [9.17, 15) is 23.4 Å². The highest BCUT2D eigenvalue weighted by Gasteiger charge is 2.64. The van der Waals surface area contributed by atoms with Crippen LogP contribution in [0.2, 0.25) is 5.02 Å². The van der Waals surface area contributed by atoms with Crippen molar-refractivity contribution >= 4 is 27.7 Å². The molecule has 11 atom stereocenters. The summed E-state index contributed by atoms with van der Waals surface area (Å²) in [5.74, 6) is 2.64. The molecule has 5 rings (SSSR count). The van der Waals surface area contributed by atoms with Crippen molar-refractivity contribution in [3.63, 3.8) is 0 Å². The highest BCUT2D eigenvalue weighted by molar-refractivity contribution is 7.90. The van der Waals surface area contributed by atoms with Gasteiger partial charge in [0, 0.05) is 0 Å². The first-order valence-corrected chi connectivity index (χ1v) is 17.5. The van der Waals surface area contributed by atoms with Crippen LogP contribution in [0.25, 0.3) is 0 Å². The molecule has 0 aliphatic heterocycles. The van der Waals surface area contributed by atoms with E-state index in [-0.39, 0.29) is 45.5 Å². The van der Waals surface area contributed by atoms with Crippen LogP contribution in [-0.4, -0.2) is 43.5 Å². The van der Waals surface area contributed by atoms with Gasteiger partial charge < -0.3 is 14.9 Å². The molecule has 0 radical (unpaired) electrons. The number of sulfonamides is 1. The minimum Gasteiger partial charge on any atom is -0.449 e. The van der Waals surface area contributed by atoms with Crippen molar-refractivity contribution in [2.24, 2.45) is 52.3 Å². The van der Waals surface area contributed by atoms with Crippen LogP contribution in [0.15, 0.2) is 29.2 Å². The number of nitrogens with one attached hydrogen (secondary N) is 1. The smallest absolute Gasteiger partial charge is 0.421 e. The molecule has 0 unspecified atom stereocenters. The van der Waals surface area contributed by atoms with E-state index in [1.807, 2.05) is 4.72 Å². The Morgan fingerprint density at radius 1 is 1.07 bits per heavy atom. The molecule has 7 nitrogen and oxygen atoms in total. The van der Waals surface area contributed by atoms with Crippen LogP contribution in [-0.2, 0) is 14.8 Å². The fourth-order valence-electron chi connectivity index (χ4n) is 10.3. The topological polar surface area (TPSA) is 113 Å². The molecule has 0 saturated heterocycles. The van der Waals surface area contributed by atoms with Gasteiger partial charge in [-0.05, 0) is 116 Å². The number of fused-ring (bicyclic) bond motifs is 5. The number of aliphatic hydroxyl groups excluding tert-OH is 2. The molecule has 3 N–H and O–H groups in total. The lowest BCUT2D eigenvalue weighted by molar-refractivity contribution is -0.203. The molecule has 4 fully saturated rings. The Balaban J connectivity index is 1.22. The third-order valence-electron chi connectivity index (χ3n) is 12.3. The van der Waals surface area contributed by atoms with Gasteiger partial charge >= 0.3 is 6.09 Å². The quantitative estimate of drug-likeness (QED) is 0.329. The normalized spacial score (nSPS) is 41.0. The summed E-state index contributed by atoms with van der Waals surface area (Å²) < 4.78 is 32.4. The van der Waals surface area contributed by atoms with E-state index >= 15 is 0 Å². The second-order valence-electron chi connectivity index (χ2n) is 14.1. The molecule has 0 heterocycles. The first-order chi connectivity index (χ1) is 19.3. The van der Waals surface area contributed by atoms with Gasteiger partial charge in [0.05, 0.1) is 23.8 Å². The number of benzene rings is 1. The molecule has 1 aromatic carbocycles. The van der Waals surface area contributed by atoms with Crippen molar-refractivity contribution in [3.05, 3.63) is 29.3 Å². The van der Waals surface area contributed by atoms with Crippen LogP contribution in [0.5, 0.6) is 0 Å². The molecule has 230 valence electrons. The summed E-state index contributed by atoms with van der Waals surface area (Å²) in [5.41, 5.74) is 0.299. The minimum absolute atomic E-state index is 0.0408. The molecular weight excluding hydrogens is 562 g/mol. The van der Waals surface area contributed by atoms with Gasteiger partial charge in [-0.25, -0.2) is 17.9 Å². The minimum atomic E-state index is -4.12. The first kappa shape index (κ1) is 31.1. The van der Waals surface area contributed by atoms with Crippen LogP contribution in [0.3, 0.4) is 0 Å². The zero-order valence-electron chi connectivity index (χ0n) is 24.9. The van der Waals surface area contributed by atoms with Gasteiger partial charge in [0.2, 0.25) is 0 Å². The summed E-state index contributed by atoms with van der Waals surface area (Å²) in [6.45, 7) is 9.45. The van der Waals surface area contributed by atoms with E-state index in [1.165, 1.54) is 12.1 Å². The molecule has 9 heteroatoms. The molecule has 4 saturated carbocycles.